The first-order chi connectivity index (χ1) is 7.83. The summed E-state index contributed by atoms with van der Waals surface area (Å²) in [5.41, 5.74) is 0.990. The normalized spacial score (nSPS) is 10.8. The zero-order valence-corrected chi connectivity index (χ0v) is 9.53. The Morgan fingerprint density at radius 3 is 3.19 bits per heavy atom. The Labute approximate surface area is 99.7 Å². The first-order valence-corrected chi connectivity index (χ1v) is 5.80. The number of nitrogens with zero attached hydrogens (tertiary/aromatic N) is 4. The fraction of sp³-hybridized carbons (Fsp3) is 0. The molecular formula is C9H6ClN5S. The molecule has 0 unspecified atom stereocenters. The number of nitrogens with one attached hydrogen (secondary N) is 1. The first-order valence-electron chi connectivity index (χ1n) is 4.48. The maximum absolute atomic E-state index is 5.89. The smallest absolute Gasteiger partial charge is 0.255 e. The molecule has 0 aromatic carbocycles. The fourth-order valence-corrected chi connectivity index (χ4v) is 2.12. The Morgan fingerprint density at radius 1 is 1.44 bits per heavy atom. The summed E-state index contributed by atoms with van der Waals surface area (Å²) in [5, 5.41) is 11.6. The van der Waals surface area contributed by atoms with Gasteiger partial charge in [0.05, 0.1) is 5.69 Å². The molecule has 0 bridgehead atoms. The molecule has 3 aromatic rings. The van der Waals surface area contributed by atoms with E-state index in [1.54, 1.807) is 21.9 Å². The van der Waals surface area contributed by atoms with Crippen LogP contribution in [-0.4, -0.2) is 19.6 Å². The second kappa shape index (κ2) is 3.73. The van der Waals surface area contributed by atoms with E-state index in [4.69, 9.17) is 11.6 Å². The van der Waals surface area contributed by atoms with Crippen molar-refractivity contribution in [3.63, 3.8) is 0 Å². The summed E-state index contributed by atoms with van der Waals surface area (Å²) in [4.78, 5) is 8.03. The molecule has 7 heteroatoms. The van der Waals surface area contributed by atoms with E-state index in [1.165, 1.54) is 6.33 Å². The Balaban J connectivity index is 2.11. The molecule has 3 heterocycles. The van der Waals surface area contributed by atoms with Crippen LogP contribution in [0.1, 0.15) is 0 Å². The van der Waals surface area contributed by atoms with Crippen molar-refractivity contribution in [2.45, 2.75) is 0 Å². The lowest BCUT2D eigenvalue weighted by atomic mass is 10.5. The van der Waals surface area contributed by atoms with E-state index in [-0.39, 0.29) is 0 Å². The molecule has 3 aromatic heterocycles. The van der Waals surface area contributed by atoms with Gasteiger partial charge in [-0.2, -0.15) is 30.9 Å². The van der Waals surface area contributed by atoms with Crippen molar-refractivity contribution in [2.75, 3.05) is 5.32 Å². The largest absolute Gasteiger partial charge is 0.339 e. The standard InChI is InChI=1S/C9H6ClN5S/c10-7-3-8(13-6-1-2-16-4-6)15-9(14-7)11-5-12-15/h1-5,13H. The first kappa shape index (κ1) is 9.56. The van der Waals surface area contributed by atoms with E-state index in [0.29, 0.717) is 10.9 Å². The molecule has 0 aliphatic heterocycles. The van der Waals surface area contributed by atoms with Crippen LogP contribution in [0.4, 0.5) is 11.5 Å². The minimum absolute atomic E-state index is 0.387. The van der Waals surface area contributed by atoms with Crippen LogP contribution in [0.5, 0.6) is 0 Å². The maximum atomic E-state index is 5.89. The van der Waals surface area contributed by atoms with Gasteiger partial charge in [-0.05, 0) is 11.4 Å². The van der Waals surface area contributed by atoms with Crippen molar-refractivity contribution in [2.24, 2.45) is 0 Å². The number of anilines is 2. The molecule has 3 rings (SSSR count). The maximum Gasteiger partial charge on any atom is 0.255 e. The van der Waals surface area contributed by atoms with Gasteiger partial charge in [0.2, 0.25) is 0 Å². The molecule has 80 valence electrons. The highest BCUT2D eigenvalue weighted by Crippen LogP contribution is 2.21. The average Bonchev–Trinajstić information content (AvgIpc) is 2.87. The number of hydrogen-bond acceptors (Lipinski definition) is 5. The number of rotatable bonds is 2. The summed E-state index contributed by atoms with van der Waals surface area (Å²) in [6.07, 6.45) is 1.44. The summed E-state index contributed by atoms with van der Waals surface area (Å²) in [6, 6.07) is 3.68. The molecule has 0 saturated carbocycles. The van der Waals surface area contributed by atoms with E-state index in [9.17, 15) is 0 Å². The number of halogens is 1. The van der Waals surface area contributed by atoms with E-state index in [0.717, 1.165) is 11.5 Å². The fourth-order valence-electron chi connectivity index (χ4n) is 1.36. The summed E-state index contributed by atoms with van der Waals surface area (Å²) >= 11 is 7.51. The van der Waals surface area contributed by atoms with Crippen molar-refractivity contribution in [1.29, 1.82) is 0 Å². The van der Waals surface area contributed by atoms with Gasteiger partial charge in [0.25, 0.3) is 5.78 Å². The summed E-state index contributed by atoms with van der Waals surface area (Å²) in [5.74, 6) is 1.22. The predicted octanol–water partition coefficient (Wildman–Crippen LogP) is 2.58. The monoisotopic (exact) mass is 251 g/mol. The Bertz CT molecular complexity index is 618. The van der Waals surface area contributed by atoms with Crippen LogP contribution in [0, 0.1) is 0 Å². The molecule has 0 spiro atoms. The zero-order valence-electron chi connectivity index (χ0n) is 7.96. The van der Waals surface area contributed by atoms with Crippen molar-refractivity contribution < 1.29 is 0 Å². The minimum Gasteiger partial charge on any atom is -0.339 e. The molecule has 16 heavy (non-hydrogen) atoms. The third kappa shape index (κ3) is 1.62. The van der Waals surface area contributed by atoms with Crippen molar-refractivity contribution >= 4 is 40.2 Å². The van der Waals surface area contributed by atoms with Gasteiger partial charge in [0, 0.05) is 11.4 Å². The SMILES string of the molecule is Clc1cc(Nc2ccsc2)n2ncnc2n1. The lowest BCUT2D eigenvalue weighted by Gasteiger charge is -2.05. The Hall–Kier alpha value is -1.66. The van der Waals surface area contributed by atoms with Gasteiger partial charge < -0.3 is 5.32 Å². The lowest BCUT2D eigenvalue weighted by molar-refractivity contribution is 0.947. The van der Waals surface area contributed by atoms with Gasteiger partial charge in [0.1, 0.15) is 17.3 Å². The minimum atomic E-state index is 0.387. The van der Waals surface area contributed by atoms with Gasteiger partial charge in [-0.25, -0.2) is 0 Å². The van der Waals surface area contributed by atoms with E-state index < -0.39 is 0 Å². The molecule has 0 amide bonds. The topological polar surface area (TPSA) is 55.1 Å². The zero-order chi connectivity index (χ0) is 11.0. The lowest BCUT2D eigenvalue weighted by Crippen LogP contribution is -2.00. The van der Waals surface area contributed by atoms with Crippen molar-refractivity contribution in [3.8, 4) is 0 Å². The van der Waals surface area contributed by atoms with Gasteiger partial charge in [-0.1, -0.05) is 11.6 Å². The van der Waals surface area contributed by atoms with Crippen LogP contribution in [0.25, 0.3) is 5.78 Å². The second-order valence-electron chi connectivity index (χ2n) is 3.07. The molecule has 0 aliphatic rings. The van der Waals surface area contributed by atoms with Crippen LogP contribution < -0.4 is 5.32 Å². The molecule has 1 N–H and O–H groups in total. The molecule has 0 saturated heterocycles. The molecule has 0 atom stereocenters. The van der Waals surface area contributed by atoms with Crippen molar-refractivity contribution in [1.82, 2.24) is 19.6 Å². The van der Waals surface area contributed by atoms with Crippen LogP contribution in [0.3, 0.4) is 0 Å². The van der Waals surface area contributed by atoms with Gasteiger partial charge in [-0.15, -0.1) is 0 Å². The van der Waals surface area contributed by atoms with Crippen LogP contribution in [-0.2, 0) is 0 Å². The molecule has 0 fully saturated rings. The van der Waals surface area contributed by atoms with Crippen LogP contribution in [0.2, 0.25) is 5.15 Å². The highest BCUT2D eigenvalue weighted by molar-refractivity contribution is 7.08. The van der Waals surface area contributed by atoms with Gasteiger partial charge in [-0.3, -0.25) is 0 Å². The highest BCUT2D eigenvalue weighted by atomic mass is 35.5. The number of hydrogen-bond donors (Lipinski definition) is 1. The molecular weight excluding hydrogens is 246 g/mol. The van der Waals surface area contributed by atoms with Crippen LogP contribution >= 0.6 is 22.9 Å². The highest BCUT2D eigenvalue weighted by Gasteiger charge is 2.06. The van der Waals surface area contributed by atoms with Gasteiger partial charge in [0.15, 0.2) is 0 Å². The molecule has 0 radical (unpaired) electrons. The van der Waals surface area contributed by atoms with E-state index in [2.05, 4.69) is 20.4 Å². The van der Waals surface area contributed by atoms with Crippen molar-refractivity contribution in [3.05, 3.63) is 34.4 Å². The quantitative estimate of drug-likeness (QED) is 0.712. The summed E-state index contributed by atoms with van der Waals surface area (Å²) < 4.78 is 1.60. The van der Waals surface area contributed by atoms with E-state index >= 15 is 0 Å². The second-order valence-corrected chi connectivity index (χ2v) is 4.24. The predicted molar refractivity (Wildman–Crippen MR) is 63.4 cm³/mol. The number of fused-ring (bicyclic) bond motifs is 1. The third-order valence-corrected chi connectivity index (χ3v) is 2.89. The van der Waals surface area contributed by atoms with Gasteiger partial charge >= 0.3 is 0 Å². The number of thiophene rings is 1. The Kier molecular flexibility index (Phi) is 2.23. The molecule has 0 aliphatic carbocycles. The number of aromatic nitrogens is 4. The van der Waals surface area contributed by atoms with Crippen LogP contribution in [0.15, 0.2) is 29.2 Å². The Morgan fingerprint density at radius 2 is 2.38 bits per heavy atom. The average molecular weight is 252 g/mol. The molecule has 5 nitrogen and oxygen atoms in total. The summed E-state index contributed by atoms with van der Waals surface area (Å²) in [7, 11) is 0. The third-order valence-electron chi connectivity index (χ3n) is 2.01. The summed E-state index contributed by atoms with van der Waals surface area (Å²) in [6.45, 7) is 0. The van der Waals surface area contributed by atoms with E-state index in [1.807, 2.05) is 16.8 Å².